The highest BCUT2D eigenvalue weighted by Crippen LogP contribution is 2.40. The van der Waals surface area contributed by atoms with Crippen molar-refractivity contribution in [1.82, 2.24) is 14.4 Å². The van der Waals surface area contributed by atoms with E-state index in [1.165, 1.54) is 19.3 Å². The quantitative estimate of drug-likeness (QED) is 0.398. The summed E-state index contributed by atoms with van der Waals surface area (Å²) in [5, 5.41) is 0.480. The standard InChI is InChI=1S/C24H22ClN3O/c1-16-10-11-19(14-20(16)29-15-17-6-3-2-4-7-17)21-22-23(25)26-12-13-28(22)24(27-21)18-8-5-9-18/h2-4,6-7,10-14,18H,5,8-9,15H2,1H3. The first-order valence-electron chi connectivity index (χ1n) is 10.0. The van der Waals surface area contributed by atoms with Crippen LogP contribution >= 0.6 is 11.6 Å². The summed E-state index contributed by atoms with van der Waals surface area (Å²) in [5.41, 5.74) is 4.97. The second-order valence-electron chi connectivity index (χ2n) is 7.64. The Morgan fingerprint density at radius 1 is 1.14 bits per heavy atom. The van der Waals surface area contributed by atoms with Crippen LogP contribution in [0, 0.1) is 6.92 Å². The van der Waals surface area contributed by atoms with Crippen LogP contribution in [0.15, 0.2) is 60.9 Å². The fourth-order valence-corrected chi connectivity index (χ4v) is 4.06. The highest BCUT2D eigenvalue weighted by atomic mass is 35.5. The van der Waals surface area contributed by atoms with Crippen molar-refractivity contribution in [2.45, 2.75) is 38.7 Å². The lowest BCUT2D eigenvalue weighted by molar-refractivity contribution is 0.304. The number of imidazole rings is 1. The molecule has 2 heterocycles. The average molecular weight is 404 g/mol. The van der Waals surface area contributed by atoms with Gasteiger partial charge in [0.2, 0.25) is 0 Å². The number of halogens is 1. The monoisotopic (exact) mass is 403 g/mol. The maximum absolute atomic E-state index is 6.50. The van der Waals surface area contributed by atoms with Crippen molar-refractivity contribution >= 4 is 17.1 Å². The SMILES string of the molecule is Cc1ccc(-c2nc(C3CCC3)n3ccnc(Cl)c23)cc1OCc1ccccc1. The summed E-state index contributed by atoms with van der Waals surface area (Å²) in [4.78, 5) is 9.31. The second-order valence-corrected chi connectivity index (χ2v) is 8.00. The molecule has 0 bridgehead atoms. The molecule has 1 saturated carbocycles. The highest BCUT2D eigenvalue weighted by Gasteiger charge is 2.27. The van der Waals surface area contributed by atoms with Gasteiger partial charge in [0.05, 0.1) is 5.69 Å². The fourth-order valence-electron chi connectivity index (χ4n) is 3.82. The van der Waals surface area contributed by atoms with Crippen LogP contribution in [0.2, 0.25) is 5.15 Å². The Bertz CT molecular complexity index is 1170. The van der Waals surface area contributed by atoms with Crippen molar-refractivity contribution < 1.29 is 4.74 Å². The molecule has 4 aromatic rings. The molecular formula is C24H22ClN3O. The summed E-state index contributed by atoms with van der Waals surface area (Å²) < 4.78 is 8.24. The van der Waals surface area contributed by atoms with Gasteiger partial charge in [0.1, 0.15) is 23.7 Å². The summed E-state index contributed by atoms with van der Waals surface area (Å²) in [6.07, 6.45) is 7.32. The first kappa shape index (κ1) is 18.2. The third-order valence-corrected chi connectivity index (χ3v) is 5.98. The highest BCUT2D eigenvalue weighted by molar-refractivity contribution is 6.33. The van der Waals surface area contributed by atoms with Gasteiger partial charge >= 0.3 is 0 Å². The van der Waals surface area contributed by atoms with Gasteiger partial charge in [-0.2, -0.15) is 0 Å². The van der Waals surface area contributed by atoms with E-state index in [9.17, 15) is 0 Å². The molecule has 29 heavy (non-hydrogen) atoms. The number of nitrogens with zero attached hydrogens (tertiary/aromatic N) is 3. The Hall–Kier alpha value is -2.85. The molecule has 1 fully saturated rings. The topological polar surface area (TPSA) is 39.4 Å². The minimum atomic E-state index is 0.480. The normalized spacial score (nSPS) is 14.1. The average Bonchev–Trinajstić information content (AvgIpc) is 3.07. The van der Waals surface area contributed by atoms with Crippen molar-refractivity contribution in [3.63, 3.8) is 0 Å². The van der Waals surface area contributed by atoms with E-state index in [2.05, 4.69) is 46.6 Å². The first-order valence-corrected chi connectivity index (χ1v) is 10.4. The lowest BCUT2D eigenvalue weighted by atomic mass is 9.85. The maximum Gasteiger partial charge on any atom is 0.155 e. The molecule has 0 radical (unpaired) electrons. The van der Waals surface area contributed by atoms with Gasteiger partial charge in [-0.1, -0.05) is 60.5 Å². The molecule has 0 unspecified atom stereocenters. The van der Waals surface area contributed by atoms with E-state index in [0.717, 1.165) is 39.5 Å². The van der Waals surface area contributed by atoms with Crippen LogP contribution in [0.4, 0.5) is 0 Å². The fraction of sp³-hybridized carbons (Fsp3) is 0.250. The van der Waals surface area contributed by atoms with Crippen LogP contribution in [-0.2, 0) is 6.61 Å². The molecule has 1 aliphatic carbocycles. The summed E-state index contributed by atoms with van der Waals surface area (Å²) in [7, 11) is 0. The van der Waals surface area contributed by atoms with Crippen molar-refractivity contribution in [3.8, 4) is 17.0 Å². The molecule has 1 aliphatic rings. The Balaban J connectivity index is 1.55. The molecule has 5 rings (SSSR count). The van der Waals surface area contributed by atoms with Crippen LogP contribution < -0.4 is 4.74 Å². The van der Waals surface area contributed by atoms with Gasteiger partial charge in [-0.15, -0.1) is 0 Å². The number of hydrogen-bond acceptors (Lipinski definition) is 3. The third-order valence-electron chi connectivity index (χ3n) is 5.71. The predicted octanol–water partition coefficient (Wildman–Crippen LogP) is 6.20. The minimum absolute atomic E-state index is 0.480. The molecule has 146 valence electrons. The van der Waals surface area contributed by atoms with E-state index < -0.39 is 0 Å². The Kier molecular flexibility index (Phi) is 4.72. The summed E-state index contributed by atoms with van der Waals surface area (Å²) in [6.45, 7) is 2.59. The largest absolute Gasteiger partial charge is 0.489 e. The minimum Gasteiger partial charge on any atom is -0.489 e. The summed E-state index contributed by atoms with van der Waals surface area (Å²) in [5.74, 6) is 2.43. The molecule has 4 nitrogen and oxygen atoms in total. The molecule has 0 saturated heterocycles. The number of aromatic nitrogens is 3. The van der Waals surface area contributed by atoms with Crippen LogP contribution in [0.3, 0.4) is 0 Å². The third kappa shape index (κ3) is 3.38. The predicted molar refractivity (Wildman–Crippen MR) is 116 cm³/mol. The molecule has 0 atom stereocenters. The van der Waals surface area contributed by atoms with Gasteiger partial charge in [-0.25, -0.2) is 9.97 Å². The molecule has 2 aromatic heterocycles. The first-order chi connectivity index (χ1) is 14.2. The number of fused-ring (bicyclic) bond motifs is 1. The summed E-state index contributed by atoms with van der Waals surface area (Å²) in [6, 6.07) is 16.4. The van der Waals surface area contributed by atoms with E-state index in [1.807, 2.05) is 24.4 Å². The Morgan fingerprint density at radius 2 is 1.97 bits per heavy atom. The molecule has 0 amide bonds. The zero-order chi connectivity index (χ0) is 19.8. The smallest absolute Gasteiger partial charge is 0.155 e. The molecule has 0 spiro atoms. The summed E-state index contributed by atoms with van der Waals surface area (Å²) >= 11 is 6.50. The van der Waals surface area contributed by atoms with E-state index >= 15 is 0 Å². The second kappa shape index (κ2) is 7.53. The van der Waals surface area contributed by atoms with Crippen LogP contribution in [0.25, 0.3) is 16.8 Å². The molecule has 0 N–H and O–H groups in total. The zero-order valence-corrected chi connectivity index (χ0v) is 17.1. The van der Waals surface area contributed by atoms with Crippen LogP contribution in [0.5, 0.6) is 5.75 Å². The number of ether oxygens (including phenoxy) is 1. The lowest BCUT2D eigenvalue weighted by Crippen LogP contribution is -2.12. The molecule has 5 heteroatoms. The van der Waals surface area contributed by atoms with Gasteiger partial charge in [0.15, 0.2) is 5.15 Å². The molecule has 0 aliphatic heterocycles. The van der Waals surface area contributed by atoms with Crippen molar-refractivity contribution in [3.05, 3.63) is 83.0 Å². The van der Waals surface area contributed by atoms with E-state index in [1.54, 1.807) is 6.20 Å². The number of hydrogen-bond donors (Lipinski definition) is 0. The number of benzene rings is 2. The number of aryl methyl sites for hydroxylation is 1. The maximum atomic E-state index is 6.50. The van der Waals surface area contributed by atoms with E-state index in [4.69, 9.17) is 21.3 Å². The Labute approximate surface area is 175 Å². The molecular weight excluding hydrogens is 382 g/mol. The Morgan fingerprint density at radius 3 is 2.72 bits per heavy atom. The number of rotatable bonds is 5. The zero-order valence-electron chi connectivity index (χ0n) is 16.3. The van der Waals surface area contributed by atoms with Gasteiger partial charge < -0.3 is 4.74 Å². The van der Waals surface area contributed by atoms with E-state index in [0.29, 0.717) is 17.7 Å². The van der Waals surface area contributed by atoms with Crippen molar-refractivity contribution in [2.75, 3.05) is 0 Å². The lowest BCUT2D eigenvalue weighted by Gasteiger charge is -2.23. The van der Waals surface area contributed by atoms with Gasteiger partial charge in [-0.3, -0.25) is 4.40 Å². The van der Waals surface area contributed by atoms with Crippen molar-refractivity contribution in [2.24, 2.45) is 0 Å². The van der Waals surface area contributed by atoms with Crippen LogP contribution in [0.1, 0.15) is 42.1 Å². The van der Waals surface area contributed by atoms with E-state index in [-0.39, 0.29) is 0 Å². The molecule has 2 aromatic carbocycles. The van der Waals surface area contributed by atoms with Gasteiger partial charge in [0, 0.05) is 23.9 Å². The van der Waals surface area contributed by atoms with Crippen LogP contribution in [-0.4, -0.2) is 14.4 Å². The van der Waals surface area contributed by atoms with Gasteiger partial charge in [-0.05, 0) is 37.0 Å². The van der Waals surface area contributed by atoms with Crippen molar-refractivity contribution in [1.29, 1.82) is 0 Å². The van der Waals surface area contributed by atoms with Gasteiger partial charge in [0.25, 0.3) is 0 Å².